The van der Waals surface area contributed by atoms with E-state index in [-0.39, 0.29) is 5.92 Å². The quantitative estimate of drug-likeness (QED) is 0.170. The second kappa shape index (κ2) is 15.8. The molecule has 1 rings (SSSR count). The first-order valence-electron chi connectivity index (χ1n) is 12.6. The molecule has 0 aromatic heterocycles. The number of hydrogen-bond acceptors (Lipinski definition) is 4. The van der Waals surface area contributed by atoms with Gasteiger partial charge in [-0.15, -0.1) is 0 Å². The largest absolute Gasteiger partial charge is 0.369 e. The lowest BCUT2D eigenvalue weighted by Gasteiger charge is -2.51. The minimum Gasteiger partial charge on any atom is -0.369 e. The smallest absolute Gasteiger partial charge is 0.314 e. The third kappa shape index (κ3) is 7.85. The highest BCUT2D eigenvalue weighted by Gasteiger charge is 2.59. The molecule has 2 unspecified atom stereocenters. The van der Waals surface area contributed by atoms with Crippen LogP contribution >= 0.6 is 0 Å². The molecule has 31 heavy (non-hydrogen) atoms. The van der Waals surface area contributed by atoms with Crippen LogP contribution in [0.3, 0.4) is 0 Å². The summed E-state index contributed by atoms with van der Waals surface area (Å²) in [6, 6.07) is 10.7. The summed E-state index contributed by atoms with van der Waals surface area (Å²) in [4.78, 5) is 0. The zero-order valence-corrected chi connectivity index (χ0v) is 21.1. The molecular formula is C27H48O4. The van der Waals surface area contributed by atoms with E-state index in [1.54, 1.807) is 7.11 Å². The van der Waals surface area contributed by atoms with Crippen LogP contribution in [0.25, 0.3) is 0 Å². The first kappa shape index (κ1) is 28.1. The van der Waals surface area contributed by atoms with Crippen LogP contribution in [0.4, 0.5) is 0 Å². The van der Waals surface area contributed by atoms with Gasteiger partial charge in [0.15, 0.2) is 5.60 Å². The van der Waals surface area contributed by atoms with E-state index >= 15 is 0 Å². The molecule has 0 aliphatic carbocycles. The highest BCUT2D eigenvalue weighted by Crippen LogP contribution is 2.45. The normalized spacial score (nSPS) is 15.0. The van der Waals surface area contributed by atoms with Crippen LogP contribution in [0.5, 0.6) is 0 Å². The summed E-state index contributed by atoms with van der Waals surface area (Å²) < 4.78 is 25.4. The number of methoxy groups -OCH3 is 1. The summed E-state index contributed by atoms with van der Waals surface area (Å²) in [7, 11) is 1.80. The molecule has 0 aliphatic heterocycles. The van der Waals surface area contributed by atoms with Gasteiger partial charge in [0.25, 0.3) is 0 Å². The maximum Gasteiger partial charge on any atom is 0.314 e. The Morgan fingerprint density at radius 2 is 1.32 bits per heavy atom. The summed E-state index contributed by atoms with van der Waals surface area (Å²) >= 11 is 0. The van der Waals surface area contributed by atoms with Crippen LogP contribution in [0.1, 0.15) is 91.5 Å². The minimum atomic E-state index is -1.21. The Morgan fingerprint density at radius 1 is 0.742 bits per heavy atom. The van der Waals surface area contributed by atoms with E-state index < -0.39 is 11.6 Å². The van der Waals surface area contributed by atoms with Crippen LogP contribution in [0, 0.1) is 5.92 Å². The molecule has 0 radical (unpaired) electrons. The SMILES string of the molecule is CCCCCCCC(Cc1ccccc1)C(CCC)(OC)C(OCC)(OCC)OCC. The molecule has 0 N–H and O–H groups in total. The van der Waals surface area contributed by atoms with Gasteiger partial charge in [-0.1, -0.05) is 82.7 Å². The van der Waals surface area contributed by atoms with E-state index in [4.69, 9.17) is 18.9 Å². The molecule has 0 heterocycles. The number of rotatable bonds is 19. The third-order valence-electron chi connectivity index (χ3n) is 6.15. The van der Waals surface area contributed by atoms with Crippen LogP contribution < -0.4 is 0 Å². The molecular weight excluding hydrogens is 388 g/mol. The number of unbranched alkanes of at least 4 members (excludes halogenated alkanes) is 4. The summed E-state index contributed by atoms with van der Waals surface area (Å²) in [5, 5.41) is 0. The van der Waals surface area contributed by atoms with Crippen molar-refractivity contribution in [3.05, 3.63) is 35.9 Å². The van der Waals surface area contributed by atoms with E-state index in [0.717, 1.165) is 25.7 Å². The Bertz CT molecular complexity index is 530. The zero-order valence-electron chi connectivity index (χ0n) is 21.1. The van der Waals surface area contributed by atoms with Gasteiger partial charge in [-0.05, 0) is 51.5 Å². The van der Waals surface area contributed by atoms with Crippen molar-refractivity contribution in [3.8, 4) is 0 Å². The van der Waals surface area contributed by atoms with Crippen molar-refractivity contribution in [2.45, 2.75) is 104 Å². The van der Waals surface area contributed by atoms with Crippen molar-refractivity contribution < 1.29 is 18.9 Å². The fourth-order valence-corrected chi connectivity index (χ4v) is 4.83. The molecule has 4 nitrogen and oxygen atoms in total. The predicted octanol–water partition coefficient (Wildman–Crippen LogP) is 7.15. The van der Waals surface area contributed by atoms with Gasteiger partial charge in [0.2, 0.25) is 0 Å². The second-order valence-electron chi connectivity index (χ2n) is 8.29. The van der Waals surface area contributed by atoms with Gasteiger partial charge in [0, 0.05) is 26.9 Å². The molecule has 0 saturated carbocycles. The lowest BCUT2D eigenvalue weighted by molar-refractivity contribution is -0.452. The van der Waals surface area contributed by atoms with Crippen molar-refractivity contribution in [1.29, 1.82) is 0 Å². The molecule has 180 valence electrons. The minimum absolute atomic E-state index is 0.214. The Hall–Kier alpha value is -0.940. The van der Waals surface area contributed by atoms with Crippen LogP contribution in [-0.4, -0.2) is 38.5 Å². The van der Waals surface area contributed by atoms with Gasteiger partial charge in [0.1, 0.15) is 0 Å². The van der Waals surface area contributed by atoms with Crippen molar-refractivity contribution in [3.63, 3.8) is 0 Å². The monoisotopic (exact) mass is 436 g/mol. The molecule has 2 atom stereocenters. The maximum absolute atomic E-state index is 6.44. The Balaban J connectivity index is 3.39. The fraction of sp³-hybridized carbons (Fsp3) is 0.778. The van der Waals surface area contributed by atoms with Gasteiger partial charge in [-0.25, -0.2) is 0 Å². The van der Waals surface area contributed by atoms with Crippen LogP contribution in [-0.2, 0) is 25.4 Å². The lowest BCUT2D eigenvalue weighted by Crippen LogP contribution is -2.64. The number of hydrogen-bond donors (Lipinski definition) is 0. The first-order chi connectivity index (χ1) is 15.1. The van der Waals surface area contributed by atoms with Crippen molar-refractivity contribution in [1.82, 2.24) is 0 Å². The van der Waals surface area contributed by atoms with Crippen molar-refractivity contribution in [2.24, 2.45) is 5.92 Å². The van der Waals surface area contributed by atoms with Crippen molar-refractivity contribution >= 4 is 0 Å². The van der Waals surface area contributed by atoms with Gasteiger partial charge in [-0.3, -0.25) is 0 Å². The van der Waals surface area contributed by atoms with E-state index in [2.05, 4.69) is 44.2 Å². The molecule has 0 fully saturated rings. The number of ether oxygens (including phenoxy) is 4. The highest BCUT2D eigenvalue weighted by atomic mass is 16.9. The topological polar surface area (TPSA) is 36.9 Å². The van der Waals surface area contributed by atoms with Gasteiger partial charge < -0.3 is 18.9 Å². The summed E-state index contributed by atoms with van der Waals surface area (Å²) in [6.07, 6.45) is 10.0. The Morgan fingerprint density at radius 3 is 1.81 bits per heavy atom. The van der Waals surface area contributed by atoms with E-state index in [1.807, 2.05) is 20.8 Å². The summed E-state index contributed by atoms with van der Waals surface area (Å²) in [6.45, 7) is 12.0. The zero-order chi connectivity index (χ0) is 23.0. The average Bonchev–Trinajstić information content (AvgIpc) is 2.78. The van der Waals surface area contributed by atoms with E-state index in [0.29, 0.717) is 19.8 Å². The Kier molecular flexibility index (Phi) is 14.3. The molecule has 1 aromatic rings. The van der Waals surface area contributed by atoms with Gasteiger partial charge >= 0.3 is 5.97 Å². The van der Waals surface area contributed by atoms with E-state index in [1.165, 1.54) is 37.7 Å². The Labute approximate surface area is 192 Å². The van der Waals surface area contributed by atoms with Crippen LogP contribution in [0.2, 0.25) is 0 Å². The summed E-state index contributed by atoms with van der Waals surface area (Å²) in [5.41, 5.74) is 0.627. The molecule has 4 heteroatoms. The maximum atomic E-state index is 6.44. The molecule has 0 spiro atoms. The predicted molar refractivity (Wildman–Crippen MR) is 129 cm³/mol. The van der Waals surface area contributed by atoms with Crippen LogP contribution in [0.15, 0.2) is 30.3 Å². The molecule has 1 aromatic carbocycles. The van der Waals surface area contributed by atoms with Gasteiger partial charge in [-0.2, -0.15) is 0 Å². The molecule has 0 bridgehead atoms. The van der Waals surface area contributed by atoms with Gasteiger partial charge in [0.05, 0.1) is 0 Å². The second-order valence-corrected chi connectivity index (χ2v) is 8.29. The number of benzene rings is 1. The third-order valence-corrected chi connectivity index (χ3v) is 6.15. The molecule has 0 aliphatic rings. The van der Waals surface area contributed by atoms with E-state index in [9.17, 15) is 0 Å². The average molecular weight is 437 g/mol. The highest BCUT2D eigenvalue weighted by molar-refractivity contribution is 5.17. The molecule has 0 saturated heterocycles. The summed E-state index contributed by atoms with van der Waals surface area (Å²) in [5.74, 6) is -0.995. The first-order valence-corrected chi connectivity index (χ1v) is 12.6. The molecule has 0 amide bonds. The van der Waals surface area contributed by atoms with Crippen molar-refractivity contribution in [2.75, 3.05) is 26.9 Å². The lowest BCUT2D eigenvalue weighted by atomic mass is 9.74. The standard InChI is InChI=1S/C27H48O4/c1-7-12-13-14-18-21-25(23-24-19-16-15-17-20-24)26(28-6,22-8-2)27(29-9-3,30-10-4)31-11-5/h15-17,19-20,25H,7-14,18,21-23H2,1-6H3. The fourth-order valence-electron chi connectivity index (χ4n) is 4.83.